The third-order valence-electron chi connectivity index (χ3n) is 3.67. The third-order valence-corrected chi connectivity index (χ3v) is 3.67. The number of rotatable bonds is 3. The van der Waals surface area contributed by atoms with E-state index in [1.807, 2.05) is 0 Å². The number of benzene rings is 2. The Labute approximate surface area is 131 Å². The molecule has 0 spiro atoms. The molecule has 0 bridgehead atoms. The minimum atomic E-state index is -0.499. The highest BCUT2D eigenvalue weighted by molar-refractivity contribution is 5.98. The maximum atomic E-state index is 13.3. The number of nitrogens with zero attached hydrogens (tertiary/aromatic N) is 1. The van der Waals surface area contributed by atoms with Crippen LogP contribution < -0.4 is 10.2 Å². The molecule has 0 aromatic heterocycles. The third kappa shape index (κ3) is 3.36. The van der Waals surface area contributed by atoms with E-state index in [9.17, 15) is 18.4 Å². The lowest BCUT2D eigenvalue weighted by Gasteiger charge is -2.17. The number of carbonyl (C=O) groups is 2. The Morgan fingerprint density at radius 1 is 1.09 bits per heavy atom. The van der Waals surface area contributed by atoms with Gasteiger partial charge in [0.05, 0.1) is 6.04 Å². The Morgan fingerprint density at radius 2 is 1.78 bits per heavy atom. The van der Waals surface area contributed by atoms with Crippen molar-refractivity contribution in [2.45, 2.75) is 12.5 Å². The van der Waals surface area contributed by atoms with Gasteiger partial charge in [-0.15, -0.1) is 0 Å². The number of hydrogen-bond acceptors (Lipinski definition) is 2. The van der Waals surface area contributed by atoms with Crippen LogP contribution in [0.25, 0.3) is 0 Å². The summed E-state index contributed by atoms with van der Waals surface area (Å²) in [4.78, 5) is 25.6. The fourth-order valence-corrected chi connectivity index (χ4v) is 2.60. The van der Waals surface area contributed by atoms with E-state index in [2.05, 4.69) is 5.32 Å². The fraction of sp³-hybridized carbons (Fsp3) is 0.176. The first kappa shape index (κ1) is 15.1. The number of hydrogen-bond donors (Lipinski definition) is 1. The van der Waals surface area contributed by atoms with Gasteiger partial charge in [0.25, 0.3) is 5.91 Å². The van der Waals surface area contributed by atoms with Gasteiger partial charge in [-0.1, -0.05) is 12.1 Å². The van der Waals surface area contributed by atoms with Crippen molar-refractivity contribution < 1.29 is 18.4 Å². The van der Waals surface area contributed by atoms with E-state index in [0.29, 0.717) is 5.69 Å². The molecule has 0 saturated carbocycles. The number of carbonyl (C=O) groups excluding carboxylic acids is 2. The Bertz CT molecular complexity index is 764. The quantitative estimate of drug-likeness (QED) is 0.946. The first-order valence-corrected chi connectivity index (χ1v) is 7.15. The summed E-state index contributed by atoms with van der Waals surface area (Å²) in [5.41, 5.74) is 0.652. The molecule has 0 radical (unpaired) electrons. The molecule has 1 aliphatic rings. The molecule has 1 atom stereocenters. The summed E-state index contributed by atoms with van der Waals surface area (Å²) < 4.78 is 26.4. The van der Waals surface area contributed by atoms with Crippen molar-refractivity contribution in [3.63, 3.8) is 0 Å². The van der Waals surface area contributed by atoms with Crippen LogP contribution in [0, 0.1) is 11.6 Å². The smallest absolute Gasteiger partial charge is 0.251 e. The molecule has 1 heterocycles. The Balaban J connectivity index is 1.69. The molecular formula is C17H14F2N2O2. The molecule has 4 nitrogen and oxygen atoms in total. The van der Waals surface area contributed by atoms with Gasteiger partial charge in [-0.3, -0.25) is 9.59 Å². The molecule has 1 fully saturated rings. The molecule has 2 aromatic rings. The summed E-state index contributed by atoms with van der Waals surface area (Å²) in [6.45, 7) is 0.253. The van der Waals surface area contributed by atoms with Crippen molar-refractivity contribution in [2.75, 3.05) is 11.4 Å². The van der Waals surface area contributed by atoms with Crippen molar-refractivity contribution >= 4 is 17.5 Å². The lowest BCUT2D eigenvalue weighted by Crippen LogP contribution is -2.37. The maximum absolute atomic E-state index is 13.3. The minimum Gasteiger partial charge on any atom is -0.347 e. The van der Waals surface area contributed by atoms with Gasteiger partial charge < -0.3 is 10.2 Å². The highest BCUT2D eigenvalue weighted by Crippen LogP contribution is 2.22. The van der Waals surface area contributed by atoms with Gasteiger partial charge in [0.1, 0.15) is 11.6 Å². The van der Waals surface area contributed by atoms with E-state index in [1.54, 1.807) is 6.07 Å². The summed E-state index contributed by atoms with van der Waals surface area (Å²) in [6, 6.07) is 10.7. The van der Waals surface area contributed by atoms with E-state index in [1.165, 1.54) is 41.3 Å². The first-order chi connectivity index (χ1) is 11.0. The van der Waals surface area contributed by atoms with Crippen molar-refractivity contribution in [1.29, 1.82) is 0 Å². The number of nitrogens with one attached hydrogen (secondary N) is 1. The van der Waals surface area contributed by atoms with Gasteiger partial charge in [-0.2, -0.15) is 0 Å². The minimum absolute atomic E-state index is 0.123. The molecule has 2 amide bonds. The van der Waals surface area contributed by atoms with Crippen molar-refractivity contribution in [3.05, 3.63) is 65.7 Å². The van der Waals surface area contributed by atoms with Gasteiger partial charge in [-0.25, -0.2) is 8.78 Å². The van der Waals surface area contributed by atoms with Crippen LogP contribution in [0.3, 0.4) is 0 Å². The zero-order chi connectivity index (χ0) is 16.4. The van der Waals surface area contributed by atoms with Crippen LogP contribution in [-0.4, -0.2) is 24.4 Å². The lowest BCUT2D eigenvalue weighted by atomic mass is 10.2. The van der Waals surface area contributed by atoms with Crippen LogP contribution in [0.4, 0.5) is 14.5 Å². The second-order valence-electron chi connectivity index (χ2n) is 5.37. The SMILES string of the molecule is O=C(N[C@@H]1CC(=O)N(c2cccc(F)c2)C1)c1cccc(F)c1. The number of halogens is 2. The molecule has 23 heavy (non-hydrogen) atoms. The predicted molar refractivity (Wildman–Crippen MR) is 81.0 cm³/mol. The topological polar surface area (TPSA) is 49.4 Å². The van der Waals surface area contributed by atoms with Crippen LogP contribution >= 0.6 is 0 Å². The molecular weight excluding hydrogens is 302 g/mol. The van der Waals surface area contributed by atoms with Gasteiger partial charge >= 0.3 is 0 Å². The number of anilines is 1. The zero-order valence-electron chi connectivity index (χ0n) is 12.1. The average Bonchev–Trinajstić information content (AvgIpc) is 2.88. The Kier molecular flexibility index (Phi) is 4.06. The van der Waals surface area contributed by atoms with Crippen molar-refractivity contribution in [2.24, 2.45) is 0 Å². The van der Waals surface area contributed by atoms with Gasteiger partial charge in [0.15, 0.2) is 0 Å². The standard InChI is InChI=1S/C17H14F2N2O2/c18-12-4-1-3-11(7-12)17(23)20-14-9-16(22)21(10-14)15-6-2-5-13(19)8-15/h1-8,14H,9-10H2,(H,20,23)/t14-/m1/s1. The van der Waals surface area contributed by atoms with Crippen LogP contribution in [0.15, 0.2) is 48.5 Å². The zero-order valence-corrected chi connectivity index (χ0v) is 12.1. The van der Waals surface area contributed by atoms with Gasteiger partial charge in [0, 0.05) is 24.2 Å². The van der Waals surface area contributed by atoms with Crippen LogP contribution in [0.1, 0.15) is 16.8 Å². The van der Waals surface area contributed by atoms with E-state index in [-0.39, 0.29) is 24.4 Å². The Morgan fingerprint density at radius 3 is 2.48 bits per heavy atom. The maximum Gasteiger partial charge on any atom is 0.251 e. The molecule has 0 unspecified atom stereocenters. The Hall–Kier alpha value is -2.76. The second kappa shape index (κ2) is 6.16. The molecule has 1 N–H and O–H groups in total. The molecule has 0 aliphatic carbocycles. The van der Waals surface area contributed by atoms with E-state index in [4.69, 9.17) is 0 Å². The van der Waals surface area contributed by atoms with E-state index < -0.39 is 23.6 Å². The molecule has 3 rings (SSSR count). The van der Waals surface area contributed by atoms with E-state index in [0.717, 1.165) is 6.07 Å². The summed E-state index contributed by atoms with van der Waals surface area (Å²) in [5, 5.41) is 2.71. The summed E-state index contributed by atoms with van der Waals surface area (Å²) in [5.74, 6) is -1.56. The van der Waals surface area contributed by atoms with Crippen LogP contribution in [0.2, 0.25) is 0 Å². The van der Waals surface area contributed by atoms with E-state index >= 15 is 0 Å². The normalized spacial score (nSPS) is 17.4. The van der Waals surface area contributed by atoms with Crippen molar-refractivity contribution in [1.82, 2.24) is 5.32 Å². The fourth-order valence-electron chi connectivity index (χ4n) is 2.60. The molecule has 1 aliphatic heterocycles. The first-order valence-electron chi connectivity index (χ1n) is 7.15. The largest absolute Gasteiger partial charge is 0.347 e. The summed E-state index contributed by atoms with van der Waals surface area (Å²) in [6.07, 6.45) is 0.123. The van der Waals surface area contributed by atoms with Gasteiger partial charge in [0.2, 0.25) is 5.91 Å². The summed E-state index contributed by atoms with van der Waals surface area (Å²) in [7, 11) is 0. The number of amides is 2. The molecule has 118 valence electrons. The highest BCUT2D eigenvalue weighted by atomic mass is 19.1. The average molecular weight is 316 g/mol. The summed E-state index contributed by atoms with van der Waals surface area (Å²) >= 11 is 0. The molecule has 2 aromatic carbocycles. The van der Waals surface area contributed by atoms with Crippen molar-refractivity contribution in [3.8, 4) is 0 Å². The second-order valence-corrected chi connectivity index (χ2v) is 5.37. The predicted octanol–water partition coefficient (Wildman–Crippen LogP) is 2.50. The highest BCUT2D eigenvalue weighted by Gasteiger charge is 2.31. The molecule has 1 saturated heterocycles. The monoisotopic (exact) mass is 316 g/mol. The lowest BCUT2D eigenvalue weighted by molar-refractivity contribution is -0.117. The molecule has 6 heteroatoms. The van der Waals surface area contributed by atoms with Crippen LogP contribution in [-0.2, 0) is 4.79 Å². The van der Waals surface area contributed by atoms with Gasteiger partial charge in [-0.05, 0) is 36.4 Å². The van der Waals surface area contributed by atoms with Crippen LogP contribution in [0.5, 0.6) is 0 Å².